The van der Waals surface area contributed by atoms with Crippen molar-refractivity contribution in [2.75, 3.05) is 19.1 Å². The number of Topliss-reactive ketones (excluding diaryl/α,β-unsaturated/α-hetero) is 1. The van der Waals surface area contributed by atoms with Gasteiger partial charge in [0.15, 0.2) is 11.5 Å². The van der Waals surface area contributed by atoms with Crippen LogP contribution in [0.3, 0.4) is 0 Å². The predicted octanol–water partition coefficient (Wildman–Crippen LogP) is 6.24. The van der Waals surface area contributed by atoms with E-state index in [2.05, 4.69) is 13.8 Å². The minimum absolute atomic E-state index is 0.0385. The molecular weight excluding hydrogens is 466 g/mol. The maximum absolute atomic E-state index is 13.4. The summed E-state index contributed by atoms with van der Waals surface area (Å²) in [6, 6.07) is 19.7. The zero-order valence-electron chi connectivity index (χ0n) is 21.8. The summed E-state index contributed by atoms with van der Waals surface area (Å²) in [5.74, 6) is -0.757. The van der Waals surface area contributed by atoms with Gasteiger partial charge in [-0.15, -0.1) is 0 Å². The Bertz CT molecular complexity index is 1310. The molecule has 0 bridgehead atoms. The van der Waals surface area contributed by atoms with Crippen LogP contribution < -0.4 is 14.4 Å². The second-order valence-corrected chi connectivity index (χ2v) is 9.10. The highest BCUT2D eigenvalue weighted by Gasteiger charge is 2.47. The van der Waals surface area contributed by atoms with E-state index in [0.29, 0.717) is 22.7 Å². The fourth-order valence-electron chi connectivity index (χ4n) is 4.69. The van der Waals surface area contributed by atoms with Gasteiger partial charge >= 0.3 is 0 Å². The van der Waals surface area contributed by atoms with Crippen molar-refractivity contribution in [1.29, 1.82) is 0 Å². The summed E-state index contributed by atoms with van der Waals surface area (Å²) in [6.45, 7) is 4.22. The molecule has 0 aliphatic carbocycles. The van der Waals surface area contributed by atoms with Crippen LogP contribution in [0.4, 0.5) is 5.69 Å². The number of nitrogens with zero attached hydrogens (tertiary/aromatic N) is 1. The Kier molecular flexibility index (Phi) is 7.97. The van der Waals surface area contributed by atoms with Crippen LogP contribution in [-0.2, 0) is 22.4 Å². The van der Waals surface area contributed by atoms with E-state index in [1.807, 2.05) is 48.5 Å². The monoisotopic (exact) mass is 499 g/mol. The van der Waals surface area contributed by atoms with E-state index in [-0.39, 0.29) is 11.3 Å². The number of hydrogen-bond acceptors (Lipinski definition) is 5. The summed E-state index contributed by atoms with van der Waals surface area (Å²) < 4.78 is 10.7. The Morgan fingerprint density at radius 2 is 1.51 bits per heavy atom. The van der Waals surface area contributed by atoms with Crippen LogP contribution in [0, 0.1) is 0 Å². The Labute approximate surface area is 218 Å². The second kappa shape index (κ2) is 11.3. The van der Waals surface area contributed by atoms with Crippen molar-refractivity contribution < 1.29 is 24.2 Å². The van der Waals surface area contributed by atoms with Crippen LogP contribution in [-0.4, -0.2) is 31.0 Å². The average molecular weight is 500 g/mol. The maximum atomic E-state index is 13.4. The molecule has 0 radical (unpaired) electrons. The lowest BCUT2D eigenvalue weighted by molar-refractivity contribution is -0.132. The highest BCUT2D eigenvalue weighted by molar-refractivity contribution is 6.51. The number of methoxy groups -OCH3 is 2. The molecule has 1 aliphatic rings. The molecule has 4 rings (SSSR count). The number of benzene rings is 3. The highest BCUT2D eigenvalue weighted by Crippen LogP contribution is 2.43. The molecule has 1 atom stereocenters. The topological polar surface area (TPSA) is 76.1 Å². The lowest BCUT2D eigenvalue weighted by atomic mass is 9.94. The van der Waals surface area contributed by atoms with Crippen molar-refractivity contribution in [3.63, 3.8) is 0 Å². The quantitative estimate of drug-likeness (QED) is 0.214. The minimum atomic E-state index is -0.777. The summed E-state index contributed by atoms with van der Waals surface area (Å²) in [5, 5.41) is 11.4. The third-order valence-electron chi connectivity index (χ3n) is 6.84. The summed E-state index contributed by atoms with van der Waals surface area (Å²) in [5.41, 5.74) is 4.07. The molecule has 6 heteroatoms. The number of hydrogen-bond donors (Lipinski definition) is 1. The minimum Gasteiger partial charge on any atom is -0.507 e. The number of rotatable bonds is 9. The van der Waals surface area contributed by atoms with Crippen LogP contribution in [0.1, 0.15) is 55.0 Å². The van der Waals surface area contributed by atoms with E-state index >= 15 is 0 Å². The summed E-state index contributed by atoms with van der Waals surface area (Å²) in [7, 11) is 3.02. The van der Waals surface area contributed by atoms with Crippen molar-refractivity contribution >= 4 is 23.1 Å². The van der Waals surface area contributed by atoms with Crippen LogP contribution in [0.5, 0.6) is 11.5 Å². The summed E-state index contributed by atoms with van der Waals surface area (Å²) in [4.78, 5) is 28.3. The fraction of sp³-hybridized carbons (Fsp3) is 0.290. The second-order valence-electron chi connectivity index (χ2n) is 9.10. The van der Waals surface area contributed by atoms with Gasteiger partial charge in [0.25, 0.3) is 11.7 Å². The standard InChI is InChI=1S/C31H33NO5/c1-5-7-8-21-11-16-24(17-12-21)32-28(22-13-9-20(6-2)10-14-22)27(30(34)31(32)35)29(33)23-15-18-25(36-3)26(19-23)37-4/h9-19,28,33H,5-8H2,1-4H3/b29-27-. The van der Waals surface area contributed by atoms with Gasteiger partial charge in [-0.05, 0) is 66.3 Å². The molecule has 0 saturated carbocycles. The van der Waals surface area contributed by atoms with E-state index in [9.17, 15) is 14.7 Å². The number of aliphatic hydroxyl groups excluding tert-OH is 1. The molecule has 1 heterocycles. The number of carbonyl (C=O) groups is 2. The molecule has 37 heavy (non-hydrogen) atoms. The van der Waals surface area contributed by atoms with Crippen molar-refractivity contribution in [3.8, 4) is 11.5 Å². The zero-order valence-corrected chi connectivity index (χ0v) is 21.8. The van der Waals surface area contributed by atoms with Crippen molar-refractivity contribution in [3.05, 3.63) is 94.6 Å². The summed E-state index contributed by atoms with van der Waals surface area (Å²) >= 11 is 0. The van der Waals surface area contributed by atoms with Gasteiger partial charge in [-0.1, -0.05) is 56.7 Å². The van der Waals surface area contributed by atoms with Gasteiger partial charge < -0.3 is 14.6 Å². The predicted molar refractivity (Wildman–Crippen MR) is 145 cm³/mol. The van der Waals surface area contributed by atoms with Gasteiger partial charge in [0.05, 0.1) is 25.8 Å². The first-order valence-corrected chi connectivity index (χ1v) is 12.6. The van der Waals surface area contributed by atoms with Gasteiger partial charge in [0.1, 0.15) is 5.76 Å². The Balaban J connectivity index is 1.86. The first kappa shape index (κ1) is 26.0. The molecule has 1 amide bonds. The molecule has 1 unspecified atom stereocenters. The number of anilines is 1. The molecule has 3 aromatic rings. The van der Waals surface area contributed by atoms with Gasteiger partial charge in [-0.25, -0.2) is 0 Å². The molecule has 3 aromatic carbocycles. The first-order valence-electron chi connectivity index (χ1n) is 12.6. The Morgan fingerprint density at radius 1 is 0.865 bits per heavy atom. The van der Waals surface area contributed by atoms with Gasteiger partial charge in [0, 0.05) is 11.3 Å². The van der Waals surface area contributed by atoms with Crippen molar-refractivity contribution in [1.82, 2.24) is 0 Å². The number of carbonyl (C=O) groups excluding carboxylic acids is 2. The van der Waals surface area contributed by atoms with E-state index in [1.54, 1.807) is 18.2 Å². The van der Waals surface area contributed by atoms with Crippen molar-refractivity contribution in [2.45, 2.75) is 45.6 Å². The van der Waals surface area contributed by atoms with Crippen LogP contribution in [0.25, 0.3) is 5.76 Å². The highest BCUT2D eigenvalue weighted by atomic mass is 16.5. The molecule has 192 valence electrons. The van der Waals surface area contributed by atoms with Crippen LogP contribution in [0.2, 0.25) is 0 Å². The smallest absolute Gasteiger partial charge is 0.300 e. The normalized spacial score (nSPS) is 16.8. The average Bonchev–Trinajstić information content (AvgIpc) is 3.21. The molecule has 0 aromatic heterocycles. The number of ether oxygens (including phenoxy) is 2. The lowest BCUT2D eigenvalue weighted by Gasteiger charge is -2.26. The third kappa shape index (κ3) is 5.10. The number of ketones is 1. The van der Waals surface area contributed by atoms with E-state index < -0.39 is 17.7 Å². The number of aliphatic hydroxyl groups is 1. The first-order chi connectivity index (χ1) is 17.9. The van der Waals surface area contributed by atoms with Gasteiger partial charge in [-0.3, -0.25) is 14.5 Å². The third-order valence-corrected chi connectivity index (χ3v) is 6.84. The number of aryl methyl sites for hydroxylation is 2. The lowest BCUT2D eigenvalue weighted by Crippen LogP contribution is -2.29. The Morgan fingerprint density at radius 3 is 2.11 bits per heavy atom. The Hall–Kier alpha value is -4.06. The summed E-state index contributed by atoms with van der Waals surface area (Å²) in [6.07, 6.45) is 4.00. The maximum Gasteiger partial charge on any atom is 0.300 e. The largest absolute Gasteiger partial charge is 0.507 e. The van der Waals surface area contributed by atoms with Crippen LogP contribution >= 0.6 is 0 Å². The van der Waals surface area contributed by atoms with E-state index in [0.717, 1.165) is 36.8 Å². The molecule has 1 saturated heterocycles. The fourth-order valence-corrected chi connectivity index (χ4v) is 4.69. The molecule has 6 nitrogen and oxygen atoms in total. The van der Waals surface area contributed by atoms with Gasteiger partial charge in [-0.2, -0.15) is 0 Å². The number of amides is 1. The number of unbranched alkanes of at least 4 members (excludes halogenated alkanes) is 1. The molecule has 1 fully saturated rings. The molecular formula is C31H33NO5. The van der Waals surface area contributed by atoms with Crippen LogP contribution in [0.15, 0.2) is 72.3 Å². The van der Waals surface area contributed by atoms with E-state index in [1.165, 1.54) is 24.7 Å². The zero-order chi connectivity index (χ0) is 26.5. The molecule has 1 aliphatic heterocycles. The SMILES string of the molecule is CCCCc1ccc(N2C(=O)C(=O)/C(=C(\O)c3ccc(OC)c(OC)c3)C2c2ccc(CC)cc2)cc1. The van der Waals surface area contributed by atoms with E-state index in [4.69, 9.17) is 9.47 Å². The molecule has 0 spiro atoms. The van der Waals surface area contributed by atoms with Gasteiger partial charge in [0.2, 0.25) is 0 Å². The molecule has 1 N–H and O–H groups in total. The van der Waals surface area contributed by atoms with Crippen molar-refractivity contribution in [2.24, 2.45) is 0 Å².